The zero-order valence-electron chi connectivity index (χ0n) is 7.98. The Kier molecular flexibility index (Phi) is 4.01. The summed E-state index contributed by atoms with van der Waals surface area (Å²) in [5, 5.41) is 0.603. The summed E-state index contributed by atoms with van der Waals surface area (Å²) in [5.74, 6) is 0. The standard InChI is InChI=1S/C12H10ClN.ClH/c13-11-8-4-7-10(12(11)14)9-5-2-1-3-6-9;/h1-8H,14H2;1H. The minimum atomic E-state index is 0. The minimum Gasteiger partial charge on any atom is -0.397 e. The molecule has 0 fully saturated rings. The highest BCUT2D eigenvalue weighted by Crippen LogP contribution is 2.30. The van der Waals surface area contributed by atoms with Gasteiger partial charge < -0.3 is 5.73 Å². The molecule has 0 atom stereocenters. The first-order chi connectivity index (χ1) is 6.79. The molecule has 78 valence electrons. The molecule has 0 aromatic heterocycles. The number of nitrogen functional groups attached to an aromatic ring is 1. The van der Waals surface area contributed by atoms with E-state index in [0.29, 0.717) is 10.7 Å². The average Bonchev–Trinajstić information content (AvgIpc) is 2.23. The molecule has 0 aliphatic heterocycles. The second-order valence-electron chi connectivity index (χ2n) is 3.07. The van der Waals surface area contributed by atoms with Crippen LogP contribution in [0.25, 0.3) is 11.1 Å². The summed E-state index contributed by atoms with van der Waals surface area (Å²) in [6.07, 6.45) is 0. The second-order valence-corrected chi connectivity index (χ2v) is 3.47. The molecule has 1 nitrogen and oxygen atoms in total. The van der Waals surface area contributed by atoms with Gasteiger partial charge in [-0.05, 0) is 11.6 Å². The van der Waals surface area contributed by atoms with Crippen molar-refractivity contribution in [2.75, 3.05) is 5.73 Å². The largest absolute Gasteiger partial charge is 0.397 e. The fourth-order valence-electron chi connectivity index (χ4n) is 1.41. The number of halogens is 2. The number of nitrogens with two attached hydrogens (primary N) is 1. The second kappa shape index (κ2) is 5.06. The fraction of sp³-hybridized carbons (Fsp3) is 0. The van der Waals surface area contributed by atoms with Crippen LogP contribution in [-0.2, 0) is 0 Å². The number of hydrogen-bond acceptors (Lipinski definition) is 1. The van der Waals surface area contributed by atoms with Gasteiger partial charge in [-0.3, -0.25) is 0 Å². The Morgan fingerprint density at radius 2 is 1.53 bits per heavy atom. The lowest BCUT2D eigenvalue weighted by atomic mass is 10.0. The third kappa shape index (κ3) is 2.44. The Morgan fingerprint density at radius 3 is 2.20 bits per heavy atom. The van der Waals surface area contributed by atoms with Crippen molar-refractivity contribution in [3.63, 3.8) is 0 Å². The van der Waals surface area contributed by atoms with Crippen LogP contribution in [0, 0.1) is 0 Å². The topological polar surface area (TPSA) is 26.0 Å². The van der Waals surface area contributed by atoms with Crippen LogP contribution in [0.3, 0.4) is 0 Å². The minimum absolute atomic E-state index is 0. The Morgan fingerprint density at radius 1 is 0.867 bits per heavy atom. The number of hydrogen-bond donors (Lipinski definition) is 1. The van der Waals surface area contributed by atoms with Crippen LogP contribution in [0.15, 0.2) is 48.5 Å². The summed E-state index contributed by atoms with van der Waals surface area (Å²) >= 11 is 5.94. The van der Waals surface area contributed by atoms with Crippen molar-refractivity contribution in [2.45, 2.75) is 0 Å². The normalized spacial score (nSPS) is 9.40. The first-order valence-electron chi connectivity index (χ1n) is 4.38. The highest BCUT2D eigenvalue weighted by atomic mass is 35.5. The maximum Gasteiger partial charge on any atom is 0.0641 e. The van der Waals surface area contributed by atoms with Gasteiger partial charge >= 0.3 is 0 Å². The molecule has 0 saturated carbocycles. The van der Waals surface area contributed by atoms with Gasteiger partial charge in [0.25, 0.3) is 0 Å². The van der Waals surface area contributed by atoms with Crippen LogP contribution >= 0.6 is 24.0 Å². The van der Waals surface area contributed by atoms with Gasteiger partial charge in [-0.2, -0.15) is 0 Å². The molecule has 0 radical (unpaired) electrons. The average molecular weight is 240 g/mol. The van der Waals surface area contributed by atoms with Crippen molar-refractivity contribution >= 4 is 29.7 Å². The molecular weight excluding hydrogens is 229 g/mol. The molecule has 0 aliphatic carbocycles. The maximum absolute atomic E-state index is 5.94. The SMILES string of the molecule is Cl.Nc1c(Cl)cccc1-c1ccccc1. The molecule has 0 amide bonds. The van der Waals surface area contributed by atoms with Gasteiger partial charge in [-0.25, -0.2) is 0 Å². The Labute approximate surface area is 100 Å². The number of para-hydroxylation sites is 1. The van der Waals surface area contributed by atoms with Crippen LogP contribution in [0.2, 0.25) is 5.02 Å². The van der Waals surface area contributed by atoms with Crippen molar-refractivity contribution in [1.29, 1.82) is 0 Å². The van der Waals surface area contributed by atoms with E-state index in [-0.39, 0.29) is 12.4 Å². The van der Waals surface area contributed by atoms with Gasteiger partial charge in [0.2, 0.25) is 0 Å². The van der Waals surface area contributed by atoms with E-state index in [4.69, 9.17) is 17.3 Å². The first-order valence-corrected chi connectivity index (χ1v) is 4.76. The van der Waals surface area contributed by atoms with Crippen molar-refractivity contribution in [2.24, 2.45) is 0 Å². The smallest absolute Gasteiger partial charge is 0.0641 e. The highest BCUT2D eigenvalue weighted by Gasteiger charge is 2.03. The van der Waals surface area contributed by atoms with Gasteiger partial charge in [0.05, 0.1) is 10.7 Å². The zero-order chi connectivity index (χ0) is 9.97. The maximum atomic E-state index is 5.94. The quantitative estimate of drug-likeness (QED) is 0.748. The molecule has 15 heavy (non-hydrogen) atoms. The van der Waals surface area contributed by atoms with Crippen LogP contribution in [0.4, 0.5) is 5.69 Å². The number of benzene rings is 2. The molecule has 0 bridgehead atoms. The van der Waals surface area contributed by atoms with E-state index >= 15 is 0 Å². The lowest BCUT2D eigenvalue weighted by Gasteiger charge is -2.06. The fourth-order valence-corrected chi connectivity index (χ4v) is 1.58. The Hall–Kier alpha value is -1.18. The van der Waals surface area contributed by atoms with Gasteiger partial charge in [-0.1, -0.05) is 54.1 Å². The summed E-state index contributed by atoms with van der Waals surface area (Å²) in [6, 6.07) is 15.6. The van der Waals surface area contributed by atoms with E-state index in [9.17, 15) is 0 Å². The Bertz CT molecular complexity index is 441. The predicted octanol–water partition coefficient (Wildman–Crippen LogP) is 4.01. The van der Waals surface area contributed by atoms with Gasteiger partial charge in [0, 0.05) is 5.56 Å². The van der Waals surface area contributed by atoms with E-state index in [2.05, 4.69) is 0 Å². The molecular formula is C12H11Cl2N. The van der Waals surface area contributed by atoms with Crippen molar-refractivity contribution < 1.29 is 0 Å². The van der Waals surface area contributed by atoms with Crippen LogP contribution < -0.4 is 5.73 Å². The third-order valence-corrected chi connectivity index (χ3v) is 2.47. The predicted molar refractivity (Wildman–Crippen MR) is 68.5 cm³/mol. The zero-order valence-corrected chi connectivity index (χ0v) is 9.55. The van der Waals surface area contributed by atoms with E-state index in [1.807, 2.05) is 42.5 Å². The van der Waals surface area contributed by atoms with Crippen molar-refractivity contribution in [3.05, 3.63) is 53.6 Å². The molecule has 0 spiro atoms. The summed E-state index contributed by atoms with van der Waals surface area (Å²) in [4.78, 5) is 0. The summed E-state index contributed by atoms with van der Waals surface area (Å²) in [7, 11) is 0. The van der Waals surface area contributed by atoms with E-state index in [1.54, 1.807) is 6.07 Å². The molecule has 2 aromatic carbocycles. The molecule has 2 N–H and O–H groups in total. The molecule has 0 saturated heterocycles. The molecule has 0 unspecified atom stereocenters. The van der Waals surface area contributed by atoms with Crippen LogP contribution in [-0.4, -0.2) is 0 Å². The van der Waals surface area contributed by atoms with Crippen LogP contribution in [0.1, 0.15) is 0 Å². The van der Waals surface area contributed by atoms with Crippen molar-refractivity contribution in [3.8, 4) is 11.1 Å². The highest BCUT2D eigenvalue weighted by molar-refractivity contribution is 6.33. The first kappa shape index (κ1) is 11.9. The molecule has 2 rings (SSSR count). The monoisotopic (exact) mass is 239 g/mol. The lowest BCUT2D eigenvalue weighted by Crippen LogP contribution is -1.90. The van der Waals surface area contributed by atoms with E-state index in [0.717, 1.165) is 11.1 Å². The molecule has 2 aromatic rings. The van der Waals surface area contributed by atoms with E-state index < -0.39 is 0 Å². The summed E-state index contributed by atoms with van der Waals surface area (Å²) in [6.45, 7) is 0. The van der Waals surface area contributed by atoms with Gasteiger partial charge in [0.1, 0.15) is 0 Å². The summed E-state index contributed by atoms with van der Waals surface area (Å²) in [5.41, 5.74) is 8.60. The number of rotatable bonds is 1. The summed E-state index contributed by atoms with van der Waals surface area (Å²) < 4.78 is 0. The molecule has 0 aliphatic rings. The molecule has 3 heteroatoms. The lowest BCUT2D eigenvalue weighted by molar-refractivity contribution is 1.61. The van der Waals surface area contributed by atoms with E-state index in [1.165, 1.54) is 0 Å². The number of anilines is 1. The third-order valence-electron chi connectivity index (χ3n) is 2.14. The Balaban J connectivity index is 0.00000112. The van der Waals surface area contributed by atoms with Gasteiger partial charge in [-0.15, -0.1) is 12.4 Å². The van der Waals surface area contributed by atoms with Crippen LogP contribution in [0.5, 0.6) is 0 Å². The van der Waals surface area contributed by atoms with Gasteiger partial charge in [0.15, 0.2) is 0 Å². The van der Waals surface area contributed by atoms with Crippen molar-refractivity contribution in [1.82, 2.24) is 0 Å². The molecule has 0 heterocycles.